The fourth-order valence-electron chi connectivity index (χ4n) is 4.24. The Morgan fingerprint density at radius 2 is 0.800 bits per heavy atom. The highest BCUT2D eigenvalue weighted by atomic mass is 16.6. The largest absolute Gasteiger partial charge is 0.379 e. The number of nitriles is 4. The van der Waals surface area contributed by atoms with Gasteiger partial charge < -0.3 is 10.6 Å². The van der Waals surface area contributed by atoms with E-state index in [1.165, 1.54) is 12.1 Å². The maximum atomic E-state index is 11.3. The number of unbranched alkanes of at least 4 members (excludes halogenated alkanes) is 9. The summed E-state index contributed by atoms with van der Waals surface area (Å²) in [6.45, 7) is 1.07. The van der Waals surface area contributed by atoms with Crippen molar-refractivity contribution >= 4 is 22.7 Å². The van der Waals surface area contributed by atoms with Gasteiger partial charge in [0.05, 0.1) is 32.1 Å². The van der Waals surface area contributed by atoms with Crippen LogP contribution in [0.2, 0.25) is 0 Å². The van der Waals surface area contributed by atoms with E-state index >= 15 is 0 Å². The van der Waals surface area contributed by atoms with Gasteiger partial charge in [0.2, 0.25) is 0 Å². The number of hydrogen-bond donors (Lipinski definition) is 2. The second-order valence-electron chi connectivity index (χ2n) is 9.18. The fraction of sp³-hybridized carbons (Fsp3) is 0.429. The fourth-order valence-corrected chi connectivity index (χ4v) is 4.24. The molecule has 12 nitrogen and oxygen atoms in total. The van der Waals surface area contributed by atoms with Crippen molar-refractivity contribution < 1.29 is 9.85 Å². The predicted octanol–water partition coefficient (Wildman–Crippen LogP) is 6.41. The lowest BCUT2D eigenvalue weighted by Crippen LogP contribution is -2.05. The van der Waals surface area contributed by atoms with Crippen molar-refractivity contribution in [2.24, 2.45) is 0 Å². The number of anilines is 2. The van der Waals surface area contributed by atoms with Gasteiger partial charge in [-0.2, -0.15) is 21.0 Å². The minimum Gasteiger partial charge on any atom is -0.379 e. The minimum atomic E-state index is -0.562. The normalized spacial score (nSPS) is 10.0. The smallest absolute Gasteiger partial charge is 0.293 e. The molecule has 0 unspecified atom stereocenters. The summed E-state index contributed by atoms with van der Waals surface area (Å²) >= 11 is 0. The Morgan fingerprint density at radius 3 is 1.07 bits per heavy atom. The van der Waals surface area contributed by atoms with Gasteiger partial charge in [-0.05, 0) is 25.0 Å². The molecule has 0 radical (unpaired) electrons. The third kappa shape index (κ3) is 9.28. The van der Waals surface area contributed by atoms with Crippen LogP contribution in [0.25, 0.3) is 0 Å². The van der Waals surface area contributed by atoms with E-state index in [0.29, 0.717) is 13.1 Å². The van der Waals surface area contributed by atoms with E-state index in [2.05, 4.69) is 10.6 Å². The van der Waals surface area contributed by atoms with Crippen molar-refractivity contribution in [2.45, 2.75) is 64.2 Å². The maximum absolute atomic E-state index is 11.3. The van der Waals surface area contributed by atoms with Crippen molar-refractivity contribution in [2.75, 3.05) is 23.7 Å². The number of rotatable bonds is 17. The van der Waals surface area contributed by atoms with Crippen LogP contribution in [-0.2, 0) is 0 Å². The van der Waals surface area contributed by atoms with Gasteiger partial charge >= 0.3 is 0 Å². The molecule has 0 fully saturated rings. The Morgan fingerprint density at radius 1 is 0.525 bits per heavy atom. The molecule has 2 aromatic rings. The van der Waals surface area contributed by atoms with E-state index < -0.39 is 9.85 Å². The quantitative estimate of drug-likeness (QED) is 0.127. The average molecular weight is 543 g/mol. The Labute approximate surface area is 232 Å². The molecule has 2 rings (SSSR count). The lowest BCUT2D eigenvalue weighted by molar-refractivity contribution is -0.384. The molecule has 0 saturated heterocycles. The summed E-state index contributed by atoms with van der Waals surface area (Å²) in [6.07, 6.45) is 10.2. The van der Waals surface area contributed by atoms with Crippen molar-refractivity contribution in [3.05, 3.63) is 66.7 Å². The molecule has 206 valence electrons. The maximum Gasteiger partial charge on any atom is 0.293 e. The number of hydrogen-bond acceptors (Lipinski definition) is 10. The molecule has 0 aliphatic carbocycles. The molecule has 0 bridgehead atoms. The third-order valence-corrected chi connectivity index (χ3v) is 6.38. The summed E-state index contributed by atoms with van der Waals surface area (Å²) in [5.74, 6) is 0. The van der Waals surface area contributed by atoms with Crippen LogP contribution >= 0.6 is 0 Å². The van der Waals surface area contributed by atoms with E-state index in [1.54, 1.807) is 0 Å². The van der Waals surface area contributed by atoms with E-state index in [9.17, 15) is 20.2 Å². The first-order valence-electron chi connectivity index (χ1n) is 13.1. The van der Waals surface area contributed by atoms with Crippen molar-refractivity contribution in [3.63, 3.8) is 0 Å². The molecule has 2 N–H and O–H groups in total. The van der Waals surface area contributed by atoms with Crippen molar-refractivity contribution in [1.82, 2.24) is 0 Å². The van der Waals surface area contributed by atoms with Gasteiger partial charge in [-0.3, -0.25) is 20.2 Å². The zero-order valence-electron chi connectivity index (χ0n) is 22.1. The lowest BCUT2D eigenvalue weighted by atomic mass is 10.1. The molecule has 0 aliphatic rings. The highest BCUT2D eigenvalue weighted by molar-refractivity contribution is 5.69. The van der Waals surface area contributed by atoms with Crippen LogP contribution in [0.4, 0.5) is 22.7 Å². The van der Waals surface area contributed by atoms with Crippen LogP contribution < -0.4 is 10.6 Å². The second kappa shape index (κ2) is 16.6. The van der Waals surface area contributed by atoms with E-state index in [4.69, 9.17) is 21.0 Å². The van der Waals surface area contributed by atoms with Crippen LogP contribution in [0.15, 0.2) is 24.3 Å². The Bertz CT molecular complexity index is 1270. The highest BCUT2D eigenvalue weighted by Gasteiger charge is 2.19. The monoisotopic (exact) mass is 542 g/mol. The molecule has 0 aromatic heterocycles. The van der Waals surface area contributed by atoms with Crippen LogP contribution in [-0.4, -0.2) is 22.9 Å². The molecule has 0 spiro atoms. The Balaban J connectivity index is 1.57. The SMILES string of the molecule is N#Cc1cc(NCCCCCCCCCCCCNc2cc(C#N)c(C#N)cc2[N+](=O)[O-])c([N+](=O)[O-])cc1C#N. The van der Waals surface area contributed by atoms with Gasteiger partial charge in [0.25, 0.3) is 11.4 Å². The molecular formula is C28H30N8O4. The Hall–Kier alpha value is -5.20. The van der Waals surface area contributed by atoms with Gasteiger partial charge in [0.1, 0.15) is 35.7 Å². The first-order valence-corrected chi connectivity index (χ1v) is 13.1. The number of nitrogens with one attached hydrogen (secondary N) is 2. The second-order valence-corrected chi connectivity index (χ2v) is 9.18. The summed E-state index contributed by atoms with van der Waals surface area (Å²) in [5, 5.41) is 65.0. The summed E-state index contributed by atoms with van der Waals surface area (Å²) < 4.78 is 0. The van der Waals surface area contributed by atoms with Crippen molar-refractivity contribution in [3.8, 4) is 24.3 Å². The topological polar surface area (TPSA) is 206 Å². The van der Waals surface area contributed by atoms with Gasteiger partial charge in [-0.15, -0.1) is 0 Å². The van der Waals surface area contributed by atoms with Gasteiger partial charge in [-0.25, -0.2) is 0 Å². The number of nitro groups is 2. The third-order valence-electron chi connectivity index (χ3n) is 6.38. The zero-order valence-corrected chi connectivity index (χ0v) is 22.1. The predicted molar refractivity (Wildman–Crippen MR) is 148 cm³/mol. The van der Waals surface area contributed by atoms with E-state index in [1.807, 2.05) is 24.3 Å². The summed E-state index contributed by atoms with van der Waals surface area (Å²) in [4.78, 5) is 21.5. The molecule has 0 amide bonds. The zero-order chi connectivity index (χ0) is 29.3. The minimum absolute atomic E-state index is 0.0130. The van der Waals surface area contributed by atoms with Crippen LogP contribution in [0, 0.1) is 65.6 Å². The average Bonchev–Trinajstić information content (AvgIpc) is 2.96. The van der Waals surface area contributed by atoms with E-state index in [0.717, 1.165) is 76.3 Å². The van der Waals surface area contributed by atoms with Gasteiger partial charge in [0.15, 0.2) is 0 Å². The molecule has 0 heterocycles. The summed E-state index contributed by atoms with van der Waals surface area (Å²) in [6, 6.07) is 12.4. The van der Waals surface area contributed by atoms with Crippen molar-refractivity contribution in [1.29, 1.82) is 21.0 Å². The lowest BCUT2D eigenvalue weighted by Gasteiger charge is -2.09. The first kappa shape index (κ1) is 31.0. The summed E-state index contributed by atoms with van der Waals surface area (Å²) in [7, 11) is 0. The number of nitro benzene ring substituents is 2. The van der Waals surface area contributed by atoms with Crippen LogP contribution in [0.5, 0.6) is 0 Å². The van der Waals surface area contributed by atoms with E-state index in [-0.39, 0.29) is 45.0 Å². The molecule has 0 aliphatic heterocycles. The molecule has 0 atom stereocenters. The van der Waals surface area contributed by atoms with Gasteiger partial charge in [0, 0.05) is 25.2 Å². The molecular weight excluding hydrogens is 512 g/mol. The first-order chi connectivity index (χ1) is 19.4. The summed E-state index contributed by atoms with van der Waals surface area (Å²) in [5.41, 5.74) is 0.259. The molecule has 0 saturated carbocycles. The van der Waals surface area contributed by atoms with Crippen LogP contribution in [0.1, 0.15) is 86.5 Å². The Kier molecular flexibility index (Phi) is 12.9. The highest BCUT2D eigenvalue weighted by Crippen LogP contribution is 2.29. The molecule has 40 heavy (non-hydrogen) atoms. The molecule has 12 heteroatoms. The number of nitrogens with zero attached hydrogens (tertiary/aromatic N) is 6. The van der Waals surface area contributed by atoms with Crippen LogP contribution in [0.3, 0.4) is 0 Å². The standard InChI is InChI=1S/C28H30N8O4/c29-17-21-13-25(27(35(37)38)15-23(21)19-31)33-11-9-7-5-3-1-2-4-6-8-10-12-34-26-14-22(18-30)24(20-32)16-28(26)36(39)40/h13-16,33-34H,1-12H2. The number of benzene rings is 2. The molecule has 2 aromatic carbocycles. The van der Waals surface area contributed by atoms with Gasteiger partial charge in [-0.1, -0.05) is 51.4 Å².